The third-order valence-corrected chi connectivity index (χ3v) is 6.45. The van der Waals surface area contributed by atoms with Gasteiger partial charge in [-0.3, -0.25) is 9.59 Å². The van der Waals surface area contributed by atoms with Gasteiger partial charge in [0.1, 0.15) is 5.54 Å². The molecule has 5 nitrogen and oxygen atoms in total. The minimum absolute atomic E-state index is 0.0677. The van der Waals surface area contributed by atoms with E-state index in [1.165, 1.54) is 0 Å². The fraction of sp³-hybridized carbons (Fsp3) is 0.391. The van der Waals surface area contributed by atoms with Crippen molar-refractivity contribution in [3.63, 3.8) is 0 Å². The molecule has 2 unspecified atom stereocenters. The summed E-state index contributed by atoms with van der Waals surface area (Å²) in [6, 6.07) is 17.1. The van der Waals surface area contributed by atoms with Crippen molar-refractivity contribution in [3.8, 4) is 0 Å². The molecule has 28 heavy (non-hydrogen) atoms. The van der Waals surface area contributed by atoms with Gasteiger partial charge in [-0.15, -0.1) is 0 Å². The van der Waals surface area contributed by atoms with Crippen LogP contribution >= 0.6 is 0 Å². The lowest BCUT2D eigenvalue weighted by atomic mass is 9.66. The van der Waals surface area contributed by atoms with Crippen LogP contribution in [0, 0.1) is 5.92 Å². The van der Waals surface area contributed by atoms with Gasteiger partial charge >= 0.3 is 5.97 Å². The molecule has 0 radical (unpaired) electrons. The van der Waals surface area contributed by atoms with Gasteiger partial charge in [0, 0.05) is 29.6 Å². The normalized spacial score (nSPS) is 25.1. The van der Waals surface area contributed by atoms with Crippen LogP contribution in [0.4, 0.5) is 5.69 Å². The summed E-state index contributed by atoms with van der Waals surface area (Å²) in [6.45, 7) is 0. The molecule has 1 saturated carbocycles. The lowest BCUT2D eigenvalue weighted by Crippen LogP contribution is -2.57. The third-order valence-electron chi connectivity index (χ3n) is 6.45. The molecule has 4 rings (SSSR count). The van der Waals surface area contributed by atoms with Gasteiger partial charge in [0.05, 0.1) is 0 Å². The lowest BCUT2D eigenvalue weighted by molar-refractivity contribution is -0.145. The van der Waals surface area contributed by atoms with Crippen LogP contribution in [0.1, 0.15) is 53.9 Å². The molecular formula is C23H26N2O3. The zero-order valence-corrected chi connectivity index (χ0v) is 15.8. The van der Waals surface area contributed by atoms with Crippen LogP contribution in [0.15, 0.2) is 54.6 Å². The van der Waals surface area contributed by atoms with Crippen LogP contribution in [0.2, 0.25) is 0 Å². The van der Waals surface area contributed by atoms with E-state index in [1.807, 2.05) is 42.5 Å². The number of Topliss-reactive ketones (excluding diaryl/α,β-unsaturated/α-hetero) is 1. The number of aliphatic carboxylic acids is 1. The number of para-hydroxylation sites is 1. The molecule has 1 heterocycles. The Balaban J connectivity index is 1.66. The number of nitrogens with two attached hydrogens (primary N) is 1. The molecule has 2 aromatic carbocycles. The first kappa shape index (κ1) is 18.7. The molecule has 0 saturated heterocycles. The third kappa shape index (κ3) is 3.20. The second kappa shape index (κ2) is 7.40. The van der Waals surface area contributed by atoms with E-state index in [4.69, 9.17) is 5.73 Å². The molecule has 5 heteroatoms. The Labute approximate surface area is 164 Å². The van der Waals surface area contributed by atoms with Gasteiger partial charge in [0.25, 0.3) is 0 Å². The van der Waals surface area contributed by atoms with Crippen molar-refractivity contribution in [2.75, 3.05) is 5.32 Å². The average Bonchev–Trinajstić information content (AvgIpc) is 3.18. The quantitative estimate of drug-likeness (QED) is 0.665. The molecule has 4 N–H and O–H groups in total. The SMILES string of the molecule is NC(CCC(=O)c1ccccc1)(C(=O)O)C1c2ccccc2N[C@@H]2CCC[C@H]12. The molecule has 1 aliphatic heterocycles. The van der Waals surface area contributed by atoms with Crippen LogP contribution in [-0.4, -0.2) is 28.4 Å². The number of nitrogens with one attached hydrogen (secondary N) is 1. The fourth-order valence-corrected chi connectivity index (χ4v) is 5.04. The van der Waals surface area contributed by atoms with Gasteiger partial charge in [-0.2, -0.15) is 0 Å². The number of carboxylic acid groups (broad SMARTS) is 1. The summed E-state index contributed by atoms with van der Waals surface area (Å²) in [6.07, 6.45) is 3.28. The Morgan fingerprint density at radius 1 is 1.07 bits per heavy atom. The fourth-order valence-electron chi connectivity index (χ4n) is 5.04. The molecule has 0 spiro atoms. The number of carbonyl (C=O) groups excluding carboxylic acids is 1. The van der Waals surface area contributed by atoms with E-state index in [0.29, 0.717) is 5.56 Å². The Morgan fingerprint density at radius 2 is 1.79 bits per heavy atom. The summed E-state index contributed by atoms with van der Waals surface area (Å²) in [5.41, 5.74) is 7.69. The molecule has 0 amide bonds. The Kier molecular flexibility index (Phi) is 4.94. The molecular weight excluding hydrogens is 352 g/mol. The number of hydrogen-bond donors (Lipinski definition) is 3. The van der Waals surface area contributed by atoms with Crippen LogP contribution in [-0.2, 0) is 4.79 Å². The van der Waals surface area contributed by atoms with Crippen molar-refractivity contribution in [1.29, 1.82) is 0 Å². The Bertz CT molecular complexity index is 882. The van der Waals surface area contributed by atoms with Gasteiger partial charge in [0.15, 0.2) is 5.78 Å². The molecule has 1 aliphatic carbocycles. The monoisotopic (exact) mass is 378 g/mol. The van der Waals surface area contributed by atoms with Crippen LogP contribution in [0.3, 0.4) is 0 Å². The highest BCUT2D eigenvalue weighted by Gasteiger charge is 2.52. The second-order valence-corrected chi connectivity index (χ2v) is 8.05. The van der Waals surface area contributed by atoms with Crippen LogP contribution in [0.25, 0.3) is 0 Å². The standard InChI is InChI=1S/C23H26N2O3/c24-23(22(27)28,14-13-20(26)15-7-2-1-3-8-15)21-16-9-4-5-11-18(16)25-19-12-6-10-17(19)21/h1-5,7-9,11,17,19,21,25H,6,10,12-14,24H2,(H,27,28)/t17-,19+,21?,23?/m0/s1. The lowest BCUT2D eigenvalue weighted by Gasteiger charge is -2.44. The van der Waals surface area contributed by atoms with E-state index in [2.05, 4.69) is 5.32 Å². The molecule has 0 bridgehead atoms. The minimum Gasteiger partial charge on any atom is -0.480 e. The van der Waals surface area contributed by atoms with Crippen molar-refractivity contribution in [1.82, 2.24) is 0 Å². The zero-order chi connectivity index (χ0) is 19.7. The number of carboxylic acids is 1. The first-order valence-electron chi connectivity index (χ1n) is 9.96. The zero-order valence-electron chi connectivity index (χ0n) is 15.8. The number of benzene rings is 2. The predicted molar refractivity (Wildman–Crippen MR) is 108 cm³/mol. The first-order chi connectivity index (χ1) is 13.5. The van der Waals surface area contributed by atoms with E-state index < -0.39 is 11.5 Å². The molecule has 2 aliphatic rings. The maximum atomic E-state index is 12.6. The van der Waals surface area contributed by atoms with Gasteiger partial charge in [-0.05, 0) is 36.8 Å². The maximum Gasteiger partial charge on any atom is 0.324 e. The van der Waals surface area contributed by atoms with Crippen molar-refractivity contribution in [3.05, 3.63) is 65.7 Å². The van der Waals surface area contributed by atoms with E-state index in [0.717, 1.165) is 30.5 Å². The van der Waals surface area contributed by atoms with E-state index >= 15 is 0 Å². The molecule has 0 aromatic heterocycles. The summed E-state index contributed by atoms with van der Waals surface area (Å²) >= 11 is 0. The largest absolute Gasteiger partial charge is 0.480 e. The smallest absolute Gasteiger partial charge is 0.324 e. The number of rotatable bonds is 6. The van der Waals surface area contributed by atoms with Crippen molar-refractivity contribution in [2.45, 2.75) is 49.6 Å². The van der Waals surface area contributed by atoms with E-state index in [9.17, 15) is 14.7 Å². The number of anilines is 1. The van der Waals surface area contributed by atoms with Gasteiger partial charge < -0.3 is 16.2 Å². The highest BCUT2D eigenvalue weighted by Crippen LogP contribution is 2.50. The molecule has 4 atom stereocenters. The minimum atomic E-state index is -1.48. The molecule has 2 aromatic rings. The van der Waals surface area contributed by atoms with E-state index in [1.54, 1.807) is 12.1 Å². The first-order valence-corrected chi connectivity index (χ1v) is 9.96. The van der Waals surface area contributed by atoms with Crippen molar-refractivity contribution < 1.29 is 14.7 Å². The van der Waals surface area contributed by atoms with Gasteiger partial charge in [-0.1, -0.05) is 55.0 Å². The van der Waals surface area contributed by atoms with Crippen LogP contribution in [0.5, 0.6) is 0 Å². The summed E-state index contributed by atoms with van der Waals surface area (Å²) in [5, 5.41) is 13.7. The van der Waals surface area contributed by atoms with Crippen molar-refractivity contribution in [2.24, 2.45) is 11.7 Å². The molecule has 1 fully saturated rings. The highest BCUT2D eigenvalue weighted by molar-refractivity contribution is 5.96. The predicted octanol–water partition coefficient (Wildman–Crippen LogP) is 3.81. The Morgan fingerprint density at radius 3 is 2.54 bits per heavy atom. The highest BCUT2D eigenvalue weighted by atomic mass is 16.4. The van der Waals surface area contributed by atoms with Gasteiger partial charge in [0.2, 0.25) is 0 Å². The summed E-state index contributed by atoms with van der Waals surface area (Å²) in [5.74, 6) is -1.23. The summed E-state index contributed by atoms with van der Waals surface area (Å²) in [7, 11) is 0. The summed E-state index contributed by atoms with van der Waals surface area (Å²) < 4.78 is 0. The molecule has 146 valence electrons. The second-order valence-electron chi connectivity index (χ2n) is 8.05. The maximum absolute atomic E-state index is 12.6. The van der Waals surface area contributed by atoms with E-state index in [-0.39, 0.29) is 36.5 Å². The average molecular weight is 378 g/mol. The number of carbonyl (C=O) groups is 2. The van der Waals surface area contributed by atoms with Crippen LogP contribution < -0.4 is 11.1 Å². The van der Waals surface area contributed by atoms with Gasteiger partial charge in [-0.25, -0.2) is 0 Å². The van der Waals surface area contributed by atoms with Crippen molar-refractivity contribution >= 4 is 17.4 Å². The summed E-state index contributed by atoms with van der Waals surface area (Å²) in [4.78, 5) is 25.0. The Hall–Kier alpha value is -2.66. The number of ketones is 1. The number of hydrogen-bond acceptors (Lipinski definition) is 4. The number of fused-ring (bicyclic) bond motifs is 2. The topological polar surface area (TPSA) is 92.4 Å².